The van der Waals surface area contributed by atoms with Crippen molar-refractivity contribution >= 4 is 40.2 Å². The number of rotatable bonds is 9. The van der Waals surface area contributed by atoms with Crippen molar-refractivity contribution in [2.75, 3.05) is 36.9 Å². The molecular weight excluding hydrogens is 434 g/mol. The van der Waals surface area contributed by atoms with Gasteiger partial charge in [-0.05, 0) is 55.1 Å². The Morgan fingerprint density at radius 2 is 1.73 bits per heavy atom. The van der Waals surface area contributed by atoms with Crippen LogP contribution in [0.2, 0.25) is 5.02 Å². The van der Waals surface area contributed by atoms with Gasteiger partial charge < -0.3 is 20.3 Å². The van der Waals surface area contributed by atoms with E-state index in [0.717, 1.165) is 53.6 Å². The molecular formula is C27H28ClN3O2. The topological polar surface area (TPSA) is 53.6 Å². The summed E-state index contributed by atoms with van der Waals surface area (Å²) in [5.41, 5.74) is 4.66. The third-order valence-corrected chi connectivity index (χ3v) is 5.97. The first-order chi connectivity index (χ1) is 16.1. The Balaban J connectivity index is 1.60. The molecule has 3 aromatic rings. The van der Waals surface area contributed by atoms with E-state index >= 15 is 0 Å². The number of nitrogens with zero attached hydrogens (tertiary/aromatic N) is 1. The van der Waals surface area contributed by atoms with Gasteiger partial charge in [0.05, 0.1) is 17.0 Å². The molecule has 0 fully saturated rings. The fourth-order valence-electron chi connectivity index (χ4n) is 3.89. The minimum Gasteiger partial charge on any atom is -0.492 e. The van der Waals surface area contributed by atoms with E-state index in [9.17, 15) is 4.79 Å². The van der Waals surface area contributed by atoms with Crippen LogP contribution in [0.15, 0.2) is 72.8 Å². The fraction of sp³-hybridized carbons (Fsp3) is 0.222. The highest BCUT2D eigenvalue weighted by Gasteiger charge is 2.28. The highest BCUT2D eigenvalue weighted by Crippen LogP contribution is 2.38. The second kappa shape index (κ2) is 10.6. The number of benzene rings is 3. The molecule has 0 saturated heterocycles. The van der Waals surface area contributed by atoms with Crippen molar-refractivity contribution in [3.8, 4) is 5.75 Å². The van der Waals surface area contributed by atoms with Crippen molar-refractivity contribution in [2.24, 2.45) is 0 Å². The zero-order valence-electron chi connectivity index (χ0n) is 18.9. The van der Waals surface area contributed by atoms with Crippen LogP contribution in [0.5, 0.6) is 5.75 Å². The first kappa shape index (κ1) is 22.9. The number of hydrogen-bond donors (Lipinski definition) is 2. The number of fused-ring (bicyclic) bond motifs is 1. The summed E-state index contributed by atoms with van der Waals surface area (Å²) in [6, 6.07) is 23.1. The van der Waals surface area contributed by atoms with Crippen molar-refractivity contribution in [1.29, 1.82) is 0 Å². The molecule has 0 aliphatic carbocycles. The third kappa shape index (κ3) is 5.38. The van der Waals surface area contributed by atoms with Crippen LogP contribution in [0.3, 0.4) is 0 Å². The smallest absolute Gasteiger partial charge is 0.258 e. The summed E-state index contributed by atoms with van der Waals surface area (Å²) in [5.74, 6) is 0.662. The van der Waals surface area contributed by atoms with Gasteiger partial charge in [0.2, 0.25) is 0 Å². The van der Waals surface area contributed by atoms with Gasteiger partial charge in [-0.1, -0.05) is 61.8 Å². The van der Waals surface area contributed by atoms with Crippen molar-refractivity contribution in [3.63, 3.8) is 0 Å². The first-order valence-corrected chi connectivity index (χ1v) is 11.6. The Morgan fingerprint density at radius 1 is 1.00 bits per heavy atom. The number of amides is 1. The average Bonchev–Trinajstić information content (AvgIpc) is 3.16. The largest absolute Gasteiger partial charge is 0.492 e. The molecule has 0 bridgehead atoms. The van der Waals surface area contributed by atoms with E-state index in [1.54, 1.807) is 12.1 Å². The quantitative estimate of drug-likeness (QED) is 0.384. The molecule has 1 aliphatic rings. The minimum atomic E-state index is -0.157. The van der Waals surface area contributed by atoms with Crippen LogP contribution in [-0.2, 0) is 4.79 Å². The maximum atomic E-state index is 12.9. The van der Waals surface area contributed by atoms with Gasteiger partial charge in [-0.2, -0.15) is 0 Å². The highest BCUT2D eigenvalue weighted by molar-refractivity contribution is 6.38. The molecule has 0 atom stereocenters. The van der Waals surface area contributed by atoms with Crippen molar-refractivity contribution < 1.29 is 9.53 Å². The SMILES string of the molecule is CCN(CC)CCOc1ccc(N/C(=C2\C(=O)Nc3cc(Cl)ccc32)c2ccccc2)cc1. The molecule has 2 N–H and O–H groups in total. The number of hydrogen-bond acceptors (Lipinski definition) is 4. The van der Waals surface area contributed by atoms with E-state index < -0.39 is 0 Å². The van der Waals surface area contributed by atoms with E-state index in [2.05, 4.69) is 29.4 Å². The Kier molecular flexibility index (Phi) is 7.33. The zero-order chi connectivity index (χ0) is 23.2. The van der Waals surface area contributed by atoms with Gasteiger partial charge in [-0.15, -0.1) is 0 Å². The van der Waals surface area contributed by atoms with Gasteiger partial charge in [-0.3, -0.25) is 4.79 Å². The molecule has 1 amide bonds. The number of halogens is 1. The molecule has 0 saturated carbocycles. The molecule has 0 radical (unpaired) electrons. The molecule has 3 aromatic carbocycles. The lowest BCUT2D eigenvalue weighted by Gasteiger charge is -2.18. The Morgan fingerprint density at radius 3 is 2.42 bits per heavy atom. The van der Waals surface area contributed by atoms with Crippen LogP contribution in [0, 0.1) is 0 Å². The van der Waals surface area contributed by atoms with Crippen LogP contribution >= 0.6 is 11.6 Å². The fourth-order valence-corrected chi connectivity index (χ4v) is 4.06. The monoisotopic (exact) mass is 461 g/mol. The maximum Gasteiger partial charge on any atom is 0.258 e. The number of nitrogens with one attached hydrogen (secondary N) is 2. The lowest BCUT2D eigenvalue weighted by atomic mass is 10.00. The number of anilines is 2. The molecule has 0 spiro atoms. The van der Waals surface area contributed by atoms with Crippen LogP contribution in [-0.4, -0.2) is 37.0 Å². The normalized spacial score (nSPS) is 14.1. The number of likely N-dealkylation sites (N-methyl/N-ethyl adjacent to an activating group) is 1. The van der Waals surface area contributed by atoms with Crippen LogP contribution in [0.4, 0.5) is 11.4 Å². The minimum absolute atomic E-state index is 0.157. The summed E-state index contributed by atoms with van der Waals surface area (Å²) in [5, 5.41) is 6.98. The molecule has 33 heavy (non-hydrogen) atoms. The van der Waals surface area contributed by atoms with Gasteiger partial charge in [0.15, 0.2) is 0 Å². The van der Waals surface area contributed by atoms with E-state index in [1.807, 2.05) is 60.7 Å². The summed E-state index contributed by atoms with van der Waals surface area (Å²) in [4.78, 5) is 15.3. The summed E-state index contributed by atoms with van der Waals surface area (Å²) in [7, 11) is 0. The summed E-state index contributed by atoms with van der Waals surface area (Å²) >= 11 is 6.13. The van der Waals surface area contributed by atoms with Gasteiger partial charge in [0, 0.05) is 22.8 Å². The Bertz CT molecular complexity index is 1140. The summed E-state index contributed by atoms with van der Waals surface area (Å²) in [6.45, 7) is 7.88. The molecule has 5 nitrogen and oxygen atoms in total. The molecule has 0 unspecified atom stereocenters. The Hall–Kier alpha value is -3.28. The van der Waals surface area contributed by atoms with Crippen molar-refractivity contribution in [1.82, 2.24) is 4.90 Å². The zero-order valence-corrected chi connectivity index (χ0v) is 19.7. The van der Waals surface area contributed by atoms with Crippen LogP contribution in [0.1, 0.15) is 25.0 Å². The third-order valence-electron chi connectivity index (χ3n) is 5.73. The molecule has 1 heterocycles. The average molecular weight is 462 g/mol. The predicted molar refractivity (Wildman–Crippen MR) is 137 cm³/mol. The highest BCUT2D eigenvalue weighted by atomic mass is 35.5. The van der Waals surface area contributed by atoms with E-state index in [0.29, 0.717) is 17.2 Å². The van der Waals surface area contributed by atoms with Gasteiger partial charge in [0.25, 0.3) is 5.91 Å². The second-order valence-corrected chi connectivity index (χ2v) is 8.22. The Labute approximate surface area is 200 Å². The van der Waals surface area contributed by atoms with E-state index in [4.69, 9.17) is 16.3 Å². The van der Waals surface area contributed by atoms with Gasteiger partial charge >= 0.3 is 0 Å². The van der Waals surface area contributed by atoms with Gasteiger partial charge in [0.1, 0.15) is 12.4 Å². The van der Waals surface area contributed by atoms with Crippen molar-refractivity contribution in [2.45, 2.75) is 13.8 Å². The van der Waals surface area contributed by atoms with Crippen molar-refractivity contribution in [3.05, 3.63) is 88.9 Å². The van der Waals surface area contributed by atoms with E-state index in [-0.39, 0.29) is 5.91 Å². The van der Waals surface area contributed by atoms with E-state index in [1.165, 1.54) is 0 Å². The first-order valence-electron chi connectivity index (χ1n) is 11.2. The number of carbonyl (C=O) groups excluding carboxylic acids is 1. The van der Waals surface area contributed by atoms with Gasteiger partial charge in [-0.25, -0.2) is 0 Å². The molecule has 0 aromatic heterocycles. The summed E-state index contributed by atoms with van der Waals surface area (Å²) < 4.78 is 5.90. The second-order valence-electron chi connectivity index (χ2n) is 7.78. The summed E-state index contributed by atoms with van der Waals surface area (Å²) in [6.07, 6.45) is 0. The van der Waals surface area contributed by atoms with Crippen LogP contribution < -0.4 is 15.4 Å². The number of ether oxygens (including phenoxy) is 1. The molecule has 1 aliphatic heterocycles. The molecule has 4 rings (SSSR count). The van der Waals surface area contributed by atoms with Crippen LogP contribution in [0.25, 0.3) is 11.3 Å². The standard InChI is InChI=1S/C27H28ClN3O2/c1-3-31(4-2)16-17-33-22-13-11-21(12-14-22)29-26(19-8-6-5-7-9-19)25-23-15-10-20(28)18-24(23)30-27(25)32/h5-15,18,29H,3-4,16-17H2,1-2H3,(H,30,32)/b26-25-. The predicted octanol–water partition coefficient (Wildman–Crippen LogP) is 5.99. The lowest BCUT2D eigenvalue weighted by Crippen LogP contribution is -2.27. The maximum absolute atomic E-state index is 12.9. The lowest BCUT2D eigenvalue weighted by molar-refractivity contribution is -0.110. The molecule has 170 valence electrons. The molecule has 6 heteroatoms. The number of carbonyl (C=O) groups is 1.